The standard InChI is InChI=1S/C20H28N4O3/c1-19(2,3)11-24-12-20-7-6-13(27-20)15(16(20)18(24)26)17(25)23(5)10-14-21-8-9-22(14)4/h6-9,13,15-16H,10-12H2,1-5H3/t13-,15+,16-,20-/m0/s1. The highest BCUT2D eigenvalue weighted by Crippen LogP contribution is 2.52. The zero-order valence-corrected chi connectivity index (χ0v) is 16.7. The lowest BCUT2D eigenvalue weighted by molar-refractivity contribution is -0.143. The maximum atomic E-state index is 13.3. The molecule has 4 atom stereocenters. The summed E-state index contributed by atoms with van der Waals surface area (Å²) in [4.78, 5) is 34.3. The number of imidazole rings is 1. The molecule has 7 heteroatoms. The Bertz CT molecular complexity index is 808. The maximum absolute atomic E-state index is 13.3. The van der Waals surface area contributed by atoms with Gasteiger partial charge in [-0.15, -0.1) is 0 Å². The number of rotatable bonds is 4. The second kappa shape index (κ2) is 5.92. The highest BCUT2D eigenvalue weighted by Gasteiger charge is 2.67. The number of fused-ring (bicyclic) bond motifs is 1. The molecule has 2 amide bonds. The molecule has 2 bridgehead atoms. The Kier molecular flexibility index (Phi) is 4.00. The number of carbonyl (C=O) groups is 2. The Balaban J connectivity index is 1.55. The summed E-state index contributed by atoms with van der Waals surface area (Å²) in [6.07, 6.45) is 7.23. The SMILES string of the molecule is CN(Cc1nccn1C)C(=O)[C@@H]1[C@@H]2C=C[C@@]3(CN(CC(C)(C)C)C(=O)[C@H]13)O2. The number of aryl methyl sites for hydroxylation is 1. The van der Waals surface area contributed by atoms with Gasteiger partial charge in [-0.2, -0.15) is 0 Å². The van der Waals surface area contributed by atoms with E-state index in [1.165, 1.54) is 0 Å². The minimum atomic E-state index is -0.641. The van der Waals surface area contributed by atoms with Crippen LogP contribution in [-0.2, 0) is 27.9 Å². The van der Waals surface area contributed by atoms with Crippen molar-refractivity contribution in [2.75, 3.05) is 20.1 Å². The van der Waals surface area contributed by atoms with E-state index in [0.717, 1.165) is 5.82 Å². The fourth-order valence-corrected chi connectivity index (χ4v) is 4.66. The third-order valence-electron chi connectivity index (χ3n) is 5.80. The van der Waals surface area contributed by atoms with Crippen LogP contribution in [0.15, 0.2) is 24.5 Å². The largest absolute Gasteiger partial charge is 0.360 e. The van der Waals surface area contributed by atoms with Gasteiger partial charge in [-0.25, -0.2) is 4.98 Å². The molecule has 3 aliphatic rings. The highest BCUT2D eigenvalue weighted by molar-refractivity contribution is 5.93. The van der Waals surface area contributed by atoms with E-state index in [1.807, 2.05) is 34.9 Å². The first-order chi connectivity index (χ1) is 12.6. The highest BCUT2D eigenvalue weighted by atomic mass is 16.5. The molecule has 0 radical (unpaired) electrons. The molecule has 146 valence electrons. The molecule has 0 N–H and O–H groups in total. The van der Waals surface area contributed by atoms with E-state index in [0.29, 0.717) is 19.6 Å². The fourth-order valence-electron chi connectivity index (χ4n) is 4.66. The monoisotopic (exact) mass is 372 g/mol. The third kappa shape index (κ3) is 2.88. The number of nitrogens with zero attached hydrogens (tertiary/aromatic N) is 4. The average Bonchev–Trinajstić information content (AvgIpc) is 3.29. The summed E-state index contributed by atoms with van der Waals surface area (Å²) in [7, 11) is 3.68. The van der Waals surface area contributed by atoms with Crippen molar-refractivity contribution in [3.05, 3.63) is 30.4 Å². The van der Waals surface area contributed by atoms with Gasteiger partial charge in [0.25, 0.3) is 0 Å². The summed E-state index contributed by atoms with van der Waals surface area (Å²) in [6, 6.07) is 0. The molecule has 2 fully saturated rings. The van der Waals surface area contributed by atoms with E-state index < -0.39 is 17.4 Å². The van der Waals surface area contributed by atoms with Crippen LogP contribution >= 0.6 is 0 Å². The quantitative estimate of drug-likeness (QED) is 0.745. The molecule has 4 heterocycles. The third-order valence-corrected chi connectivity index (χ3v) is 5.80. The Morgan fingerprint density at radius 2 is 2.19 bits per heavy atom. The number of hydrogen-bond donors (Lipinski definition) is 0. The van der Waals surface area contributed by atoms with Crippen molar-refractivity contribution >= 4 is 11.8 Å². The van der Waals surface area contributed by atoms with Gasteiger partial charge in [0.2, 0.25) is 11.8 Å². The summed E-state index contributed by atoms with van der Waals surface area (Å²) in [5.74, 6) is -0.0816. The number of amides is 2. The smallest absolute Gasteiger partial charge is 0.230 e. The molecule has 0 saturated carbocycles. The molecule has 0 aliphatic carbocycles. The molecule has 1 aromatic rings. The van der Waals surface area contributed by atoms with E-state index >= 15 is 0 Å². The van der Waals surface area contributed by atoms with Gasteiger partial charge in [0, 0.05) is 33.0 Å². The molecule has 3 aliphatic heterocycles. The normalized spacial score (nSPS) is 31.7. The van der Waals surface area contributed by atoms with E-state index in [9.17, 15) is 9.59 Å². The Labute approximate surface area is 160 Å². The molecule has 0 unspecified atom stereocenters. The van der Waals surface area contributed by atoms with E-state index in [1.54, 1.807) is 18.1 Å². The lowest BCUT2D eigenvalue weighted by atomic mass is 9.76. The zero-order chi connectivity index (χ0) is 19.6. The topological polar surface area (TPSA) is 67.7 Å². The summed E-state index contributed by atoms with van der Waals surface area (Å²) in [5, 5.41) is 0. The van der Waals surface area contributed by atoms with Gasteiger partial charge < -0.3 is 19.1 Å². The van der Waals surface area contributed by atoms with Crippen molar-refractivity contribution in [3.8, 4) is 0 Å². The van der Waals surface area contributed by atoms with Crippen molar-refractivity contribution in [3.63, 3.8) is 0 Å². The minimum Gasteiger partial charge on any atom is -0.360 e. The molecule has 7 nitrogen and oxygen atoms in total. The molecule has 2 saturated heterocycles. The first-order valence-electron chi connectivity index (χ1n) is 9.48. The van der Waals surface area contributed by atoms with Crippen molar-refractivity contribution in [2.45, 2.75) is 39.0 Å². The zero-order valence-electron chi connectivity index (χ0n) is 16.7. The average molecular weight is 372 g/mol. The first-order valence-corrected chi connectivity index (χ1v) is 9.48. The van der Waals surface area contributed by atoms with Crippen molar-refractivity contribution in [2.24, 2.45) is 24.3 Å². The summed E-state index contributed by atoms with van der Waals surface area (Å²) >= 11 is 0. The number of aromatic nitrogens is 2. The summed E-state index contributed by atoms with van der Waals surface area (Å²) in [5.41, 5.74) is -0.640. The van der Waals surface area contributed by atoms with Gasteiger partial charge in [0.1, 0.15) is 11.4 Å². The molecular formula is C20H28N4O3. The number of likely N-dealkylation sites (tertiary alicyclic amines) is 1. The predicted molar refractivity (Wildman–Crippen MR) is 99.4 cm³/mol. The summed E-state index contributed by atoms with van der Waals surface area (Å²) in [6.45, 7) is 7.95. The second-order valence-corrected chi connectivity index (χ2v) is 9.30. The Morgan fingerprint density at radius 1 is 1.44 bits per heavy atom. The number of hydrogen-bond acceptors (Lipinski definition) is 4. The minimum absolute atomic E-state index is 0.00115. The van der Waals surface area contributed by atoms with E-state index in [2.05, 4.69) is 25.8 Å². The summed E-state index contributed by atoms with van der Waals surface area (Å²) < 4.78 is 8.10. The molecule has 1 spiro atoms. The van der Waals surface area contributed by atoms with Gasteiger partial charge in [-0.1, -0.05) is 32.9 Å². The van der Waals surface area contributed by atoms with Crippen LogP contribution in [0.1, 0.15) is 26.6 Å². The number of carbonyl (C=O) groups excluding carboxylic acids is 2. The Morgan fingerprint density at radius 3 is 2.81 bits per heavy atom. The van der Waals surface area contributed by atoms with Gasteiger partial charge >= 0.3 is 0 Å². The first kappa shape index (κ1) is 18.2. The van der Waals surface area contributed by atoms with Crippen molar-refractivity contribution < 1.29 is 14.3 Å². The van der Waals surface area contributed by atoms with Gasteiger partial charge in [0.05, 0.1) is 31.0 Å². The maximum Gasteiger partial charge on any atom is 0.230 e. The predicted octanol–water partition coefficient (Wildman–Crippen LogP) is 1.21. The molecule has 0 aromatic carbocycles. The molecular weight excluding hydrogens is 344 g/mol. The van der Waals surface area contributed by atoms with Gasteiger partial charge in [-0.05, 0) is 5.41 Å². The van der Waals surface area contributed by atoms with Crippen LogP contribution in [0.25, 0.3) is 0 Å². The lowest BCUT2D eigenvalue weighted by Gasteiger charge is -2.29. The fraction of sp³-hybridized carbons (Fsp3) is 0.650. The van der Waals surface area contributed by atoms with Crippen LogP contribution < -0.4 is 0 Å². The van der Waals surface area contributed by atoms with E-state index in [4.69, 9.17) is 4.74 Å². The van der Waals surface area contributed by atoms with Crippen LogP contribution in [0.5, 0.6) is 0 Å². The Hall–Kier alpha value is -2.15. The van der Waals surface area contributed by atoms with Crippen LogP contribution in [0.3, 0.4) is 0 Å². The van der Waals surface area contributed by atoms with Crippen LogP contribution in [0.4, 0.5) is 0 Å². The van der Waals surface area contributed by atoms with Crippen LogP contribution in [0.2, 0.25) is 0 Å². The molecule has 27 heavy (non-hydrogen) atoms. The van der Waals surface area contributed by atoms with Crippen molar-refractivity contribution in [1.82, 2.24) is 19.4 Å². The van der Waals surface area contributed by atoms with Gasteiger partial charge in [0.15, 0.2) is 0 Å². The lowest BCUT2D eigenvalue weighted by Crippen LogP contribution is -2.45. The molecule has 1 aromatic heterocycles. The van der Waals surface area contributed by atoms with Crippen LogP contribution in [-0.4, -0.2) is 63.0 Å². The second-order valence-electron chi connectivity index (χ2n) is 9.30. The van der Waals surface area contributed by atoms with Gasteiger partial charge in [-0.3, -0.25) is 9.59 Å². The van der Waals surface area contributed by atoms with Crippen LogP contribution in [0, 0.1) is 17.3 Å². The van der Waals surface area contributed by atoms with Crippen molar-refractivity contribution in [1.29, 1.82) is 0 Å². The van der Waals surface area contributed by atoms with E-state index in [-0.39, 0.29) is 23.3 Å². The molecule has 4 rings (SSSR count). The number of ether oxygens (including phenoxy) is 1.